The van der Waals surface area contributed by atoms with Crippen LogP contribution in [0.5, 0.6) is 0 Å². The van der Waals surface area contributed by atoms with Crippen LogP contribution in [0.4, 0.5) is 0 Å². The Hall–Kier alpha value is -0.120. The van der Waals surface area contributed by atoms with E-state index >= 15 is 0 Å². The molecule has 1 aliphatic heterocycles. The van der Waals surface area contributed by atoms with Crippen LogP contribution in [0.3, 0.4) is 0 Å². The molecule has 48 valence electrons. The highest BCUT2D eigenvalue weighted by Crippen LogP contribution is 2.08. The van der Waals surface area contributed by atoms with Gasteiger partial charge in [-0.3, -0.25) is 0 Å². The first-order chi connectivity index (χ1) is 3.83. The van der Waals surface area contributed by atoms with Crippen molar-refractivity contribution in [3.8, 4) is 0 Å². The molecule has 0 amide bonds. The van der Waals surface area contributed by atoms with E-state index in [-0.39, 0.29) is 19.0 Å². The minimum atomic E-state index is -0.132. The van der Waals surface area contributed by atoms with Crippen molar-refractivity contribution < 1.29 is 14.6 Å². The lowest BCUT2D eigenvalue weighted by molar-refractivity contribution is -0.0505. The minimum absolute atomic E-state index is 0.0599. The summed E-state index contributed by atoms with van der Waals surface area (Å²) < 4.78 is 10.0. The van der Waals surface area contributed by atoms with E-state index in [1.165, 1.54) is 0 Å². The van der Waals surface area contributed by atoms with Crippen molar-refractivity contribution >= 4 is 0 Å². The standard InChI is InChI=1S/C5H10O3/c1-4-7-3-5(2-6)8-4/h4-6H,2-3H2,1H3/t4-,5+/m0/s1. The first kappa shape index (κ1) is 6.01. The largest absolute Gasteiger partial charge is 0.394 e. The van der Waals surface area contributed by atoms with E-state index < -0.39 is 0 Å². The van der Waals surface area contributed by atoms with Crippen LogP contribution in [0.15, 0.2) is 0 Å². The van der Waals surface area contributed by atoms with Gasteiger partial charge in [-0.1, -0.05) is 0 Å². The Morgan fingerprint density at radius 3 is 2.75 bits per heavy atom. The van der Waals surface area contributed by atoms with E-state index in [9.17, 15) is 0 Å². The fourth-order valence-electron chi connectivity index (χ4n) is 0.688. The summed E-state index contributed by atoms with van der Waals surface area (Å²) in [4.78, 5) is 0. The number of rotatable bonds is 1. The van der Waals surface area contributed by atoms with Gasteiger partial charge < -0.3 is 14.6 Å². The fourth-order valence-corrected chi connectivity index (χ4v) is 0.688. The summed E-state index contributed by atoms with van der Waals surface area (Å²) in [6, 6.07) is 0. The van der Waals surface area contributed by atoms with Crippen LogP contribution in [0.2, 0.25) is 0 Å². The lowest BCUT2D eigenvalue weighted by Gasteiger charge is -2.01. The molecule has 0 saturated carbocycles. The molecular weight excluding hydrogens is 108 g/mol. The molecule has 1 rings (SSSR count). The summed E-state index contributed by atoms with van der Waals surface area (Å²) in [7, 11) is 0. The Morgan fingerprint density at radius 1 is 1.75 bits per heavy atom. The monoisotopic (exact) mass is 118 g/mol. The van der Waals surface area contributed by atoms with E-state index in [0.717, 1.165) is 0 Å². The summed E-state index contributed by atoms with van der Waals surface area (Å²) in [6.45, 7) is 2.40. The van der Waals surface area contributed by atoms with Gasteiger partial charge in [-0.15, -0.1) is 0 Å². The van der Waals surface area contributed by atoms with Crippen LogP contribution in [0.25, 0.3) is 0 Å². The van der Waals surface area contributed by atoms with Gasteiger partial charge in [0.15, 0.2) is 6.29 Å². The summed E-state index contributed by atoms with van der Waals surface area (Å²) in [5.74, 6) is 0. The fraction of sp³-hybridized carbons (Fsp3) is 1.00. The molecule has 0 radical (unpaired) electrons. The number of hydrogen-bond donors (Lipinski definition) is 1. The molecule has 2 atom stereocenters. The topological polar surface area (TPSA) is 38.7 Å². The summed E-state index contributed by atoms with van der Waals surface area (Å²) in [5, 5.41) is 8.48. The summed E-state index contributed by atoms with van der Waals surface area (Å²) in [5.41, 5.74) is 0. The van der Waals surface area contributed by atoms with E-state index in [4.69, 9.17) is 14.6 Å². The zero-order chi connectivity index (χ0) is 5.98. The quantitative estimate of drug-likeness (QED) is 0.515. The molecule has 0 aromatic heterocycles. The van der Waals surface area contributed by atoms with Crippen molar-refractivity contribution in [3.05, 3.63) is 0 Å². The average Bonchev–Trinajstić information content (AvgIpc) is 2.14. The molecule has 1 aliphatic rings. The third kappa shape index (κ3) is 1.18. The molecule has 3 heteroatoms. The van der Waals surface area contributed by atoms with Gasteiger partial charge in [0.05, 0.1) is 13.2 Å². The van der Waals surface area contributed by atoms with Gasteiger partial charge in [0.2, 0.25) is 0 Å². The Morgan fingerprint density at radius 2 is 2.50 bits per heavy atom. The predicted octanol–water partition coefficient (Wildman–Crippen LogP) is -0.260. The van der Waals surface area contributed by atoms with E-state index in [1.54, 1.807) is 0 Å². The first-order valence-electron chi connectivity index (χ1n) is 2.71. The second-order valence-corrected chi connectivity index (χ2v) is 1.84. The SMILES string of the molecule is C[C@H]1OC[C@@H](CO)O1. The average molecular weight is 118 g/mol. The molecule has 0 aromatic rings. The van der Waals surface area contributed by atoms with Gasteiger partial charge >= 0.3 is 0 Å². The maximum atomic E-state index is 8.48. The number of ether oxygens (including phenoxy) is 2. The minimum Gasteiger partial charge on any atom is -0.394 e. The molecule has 3 nitrogen and oxygen atoms in total. The molecule has 0 spiro atoms. The zero-order valence-corrected chi connectivity index (χ0v) is 4.83. The third-order valence-corrected chi connectivity index (χ3v) is 1.10. The van der Waals surface area contributed by atoms with E-state index in [2.05, 4.69) is 0 Å². The van der Waals surface area contributed by atoms with Gasteiger partial charge in [-0.2, -0.15) is 0 Å². The smallest absolute Gasteiger partial charge is 0.155 e. The van der Waals surface area contributed by atoms with Crippen molar-refractivity contribution in [1.29, 1.82) is 0 Å². The van der Waals surface area contributed by atoms with E-state index in [1.807, 2.05) is 6.92 Å². The normalized spacial score (nSPS) is 38.2. The van der Waals surface area contributed by atoms with Gasteiger partial charge in [0.25, 0.3) is 0 Å². The van der Waals surface area contributed by atoms with Crippen LogP contribution in [-0.4, -0.2) is 30.7 Å². The van der Waals surface area contributed by atoms with Crippen LogP contribution in [0, 0.1) is 0 Å². The Kier molecular flexibility index (Phi) is 1.83. The lowest BCUT2D eigenvalue weighted by atomic mass is 10.4. The van der Waals surface area contributed by atoms with Crippen LogP contribution >= 0.6 is 0 Å². The molecule has 0 unspecified atom stereocenters. The molecule has 1 N–H and O–H groups in total. The second kappa shape index (κ2) is 2.44. The highest BCUT2D eigenvalue weighted by atomic mass is 16.7. The molecule has 0 aliphatic carbocycles. The molecular formula is C5H10O3. The van der Waals surface area contributed by atoms with Crippen LogP contribution in [-0.2, 0) is 9.47 Å². The zero-order valence-electron chi connectivity index (χ0n) is 4.83. The molecule has 8 heavy (non-hydrogen) atoms. The highest BCUT2D eigenvalue weighted by Gasteiger charge is 2.20. The van der Waals surface area contributed by atoms with E-state index in [0.29, 0.717) is 6.61 Å². The summed E-state index contributed by atoms with van der Waals surface area (Å²) in [6.07, 6.45) is -0.225. The second-order valence-electron chi connectivity index (χ2n) is 1.84. The summed E-state index contributed by atoms with van der Waals surface area (Å²) >= 11 is 0. The third-order valence-electron chi connectivity index (χ3n) is 1.10. The maximum absolute atomic E-state index is 8.48. The van der Waals surface area contributed by atoms with Crippen LogP contribution < -0.4 is 0 Å². The van der Waals surface area contributed by atoms with Gasteiger partial charge in [-0.25, -0.2) is 0 Å². The highest BCUT2D eigenvalue weighted by molar-refractivity contribution is 4.59. The van der Waals surface area contributed by atoms with Crippen molar-refractivity contribution in [2.45, 2.75) is 19.3 Å². The van der Waals surface area contributed by atoms with Crippen molar-refractivity contribution in [2.24, 2.45) is 0 Å². The van der Waals surface area contributed by atoms with Crippen LogP contribution in [0.1, 0.15) is 6.92 Å². The van der Waals surface area contributed by atoms with Crippen molar-refractivity contribution in [2.75, 3.05) is 13.2 Å². The molecule has 0 aromatic carbocycles. The lowest BCUT2D eigenvalue weighted by Crippen LogP contribution is -2.14. The Balaban J connectivity index is 2.22. The Labute approximate surface area is 48.2 Å². The van der Waals surface area contributed by atoms with Gasteiger partial charge in [-0.05, 0) is 6.92 Å². The Bertz CT molecular complexity index is 74.1. The van der Waals surface area contributed by atoms with Gasteiger partial charge in [0.1, 0.15) is 6.10 Å². The number of hydrogen-bond acceptors (Lipinski definition) is 3. The molecule has 1 fully saturated rings. The maximum Gasteiger partial charge on any atom is 0.155 e. The van der Waals surface area contributed by atoms with Crippen molar-refractivity contribution in [1.82, 2.24) is 0 Å². The van der Waals surface area contributed by atoms with Gasteiger partial charge in [0, 0.05) is 0 Å². The molecule has 0 bridgehead atoms. The number of aliphatic hydroxyl groups excluding tert-OH is 1. The van der Waals surface area contributed by atoms with Crippen molar-refractivity contribution in [3.63, 3.8) is 0 Å². The molecule has 1 heterocycles. The molecule has 1 saturated heterocycles. The number of aliphatic hydroxyl groups is 1. The first-order valence-corrected chi connectivity index (χ1v) is 2.71. The predicted molar refractivity (Wildman–Crippen MR) is 27.4 cm³/mol.